The van der Waals surface area contributed by atoms with Crippen molar-refractivity contribution in [2.75, 3.05) is 7.05 Å². The van der Waals surface area contributed by atoms with Gasteiger partial charge in [-0.2, -0.15) is 5.10 Å². The number of aromatic nitrogens is 3. The van der Waals surface area contributed by atoms with Gasteiger partial charge >= 0.3 is 0 Å². The van der Waals surface area contributed by atoms with E-state index >= 15 is 0 Å². The van der Waals surface area contributed by atoms with Crippen LogP contribution in [0.15, 0.2) is 35.2 Å². The Kier molecular flexibility index (Phi) is 3.76. The van der Waals surface area contributed by atoms with Gasteiger partial charge < -0.3 is 4.90 Å². The second-order valence-corrected chi connectivity index (χ2v) is 4.96. The number of aryl methyl sites for hydroxylation is 1. The van der Waals surface area contributed by atoms with Gasteiger partial charge in [-0.3, -0.25) is 9.48 Å². The van der Waals surface area contributed by atoms with Gasteiger partial charge in [0.1, 0.15) is 5.69 Å². The van der Waals surface area contributed by atoms with Crippen LogP contribution < -0.4 is 0 Å². The first-order chi connectivity index (χ1) is 8.56. The highest BCUT2D eigenvalue weighted by Gasteiger charge is 2.13. The second-order valence-electron chi connectivity index (χ2n) is 4.05. The molecule has 6 heteroatoms. The Labute approximate surface area is 114 Å². The van der Waals surface area contributed by atoms with Crippen molar-refractivity contribution in [1.29, 1.82) is 0 Å². The molecule has 2 heterocycles. The molecule has 94 valence electrons. The smallest absolute Gasteiger partial charge is 0.272 e. The first kappa shape index (κ1) is 12.8. The Bertz CT molecular complexity index is 549. The average Bonchev–Trinajstić information content (AvgIpc) is 2.75. The fourth-order valence-electron chi connectivity index (χ4n) is 1.60. The molecule has 18 heavy (non-hydrogen) atoms. The van der Waals surface area contributed by atoms with Gasteiger partial charge in [0.2, 0.25) is 0 Å². The van der Waals surface area contributed by atoms with Crippen molar-refractivity contribution in [3.05, 3.63) is 46.5 Å². The van der Waals surface area contributed by atoms with Gasteiger partial charge in [0, 0.05) is 43.1 Å². The average molecular weight is 309 g/mol. The summed E-state index contributed by atoms with van der Waals surface area (Å²) < 4.78 is 2.57. The number of pyridine rings is 1. The van der Waals surface area contributed by atoms with E-state index < -0.39 is 0 Å². The summed E-state index contributed by atoms with van der Waals surface area (Å²) in [5.41, 5.74) is 1.43. The molecule has 0 saturated heterocycles. The summed E-state index contributed by atoms with van der Waals surface area (Å²) in [5, 5.41) is 4.07. The molecule has 0 aliphatic heterocycles. The van der Waals surface area contributed by atoms with Gasteiger partial charge in [0.15, 0.2) is 0 Å². The lowest BCUT2D eigenvalue weighted by molar-refractivity contribution is 0.0779. The minimum Gasteiger partial charge on any atom is -0.336 e. The van der Waals surface area contributed by atoms with E-state index in [4.69, 9.17) is 0 Å². The van der Waals surface area contributed by atoms with Crippen molar-refractivity contribution in [3.8, 4) is 0 Å². The lowest BCUT2D eigenvalue weighted by Gasteiger charge is -2.15. The van der Waals surface area contributed by atoms with E-state index in [1.54, 1.807) is 41.2 Å². The molecule has 5 nitrogen and oxygen atoms in total. The van der Waals surface area contributed by atoms with Crippen LogP contribution in [0.3, 0.4) is 0 Å². The first-order valence-corrected chi connectivity index (χ1v) is 6.20. The van der Waals surface area contributed by atoms with E-state index in [1.165, 1.54) is 0 Å². The number of hydrogen-bond acceptors (Lipinski definition) is 3. The maximum Gasteiger partial charge on any atom is 0.272 e. The Morgan fingerprint density at radius 3 is 2.78 bits per heavy atom. The van der Waals surface area contributed by atoms with Crippen LogP contribution in [-0.4, -0.2) is 32.6 Å². The lowest BCUT2D eigenvalue weighted by Crippen LogP contribution is -2.26. The molecule has 2 aromatic heterocycles. The maximum atomic E-state index is 12.1. The normalized spacial score (nSPS) is 10.4. The molecule has 0 radical (unpaired) electrons. The molecule has 2 aromatic rings. The summed E-state index contributed by atoms with van der Waals surface area (Å²) in [4.78, 5) is 17.8. The molecule has 0 spiro atoms. The minimum atomic E-state index is -0.105. The van der Waals surface area contributed by atoms with E-state index in [-0.39, 0.29) is 5.91 Å². The number of rotatable bonds is 3. The van der Waals surface area contributed by atoms with Gasteiger partial charge in [-0.1, -0.05) is 0 Å². The van der Waals surface area contributed by atoms with Crippen LogP contribution in [0.1, 0.15) is 16.1 Å². The first-order valence-electron chi connectivity index (χ1n) is 5.41. The van der Waals surface area contributed by atoms with Crippen LogP contribution in [0.4, 0.5) is 0 Å². The fraction of sp³-hybridized carbons (Fsp3) is 0.250. The van der Waals surface area contributed by atoms with Crippen LogP contribution in [0.2, 0.25) is 0 Å². The summed E-state index contributed by atoms with van der Waals surface area (Å²) in [6.07, 6.45) is 5.25. The molecular weight excluding hydrogens is 296 g/mol. The number of amides is 1. The standard InChI is InChI=1S/C12H13BrN4O/c1-16(7-9-5-15-17(2)8-9)12(18)11-4-3-10(13)6-14-11/h3-6,8H,7H2,1-2H3. The number of carbonyl (C=O) groups is 1. The third-order valence-electron chi connectivity index (χ3n) is 2.47. The van der Waals surface area contributed by atoms with E-state index in [9.17, 15) is 4.79 Å². The topological polar surface area (TPSA) is 51.0 Å². The van der Waals surface area contributed by atoms with Crippen molar-refractivity contribution in [3.63, 3.8) is 0 Å². The molecule has 0 aromatic carbocycles. The van der Waals surface area contributed by atoms with Gasteiger partial charge in [-0.25, -0.2) is 4.98 Å². The largest absolute Gasteiger partial charge is 0.336 e. The summed E-state index contributed by atoms with van der Waals surface area (Å²) in [6.45, 7) is 0.518. The highest BCUT2D eigenvalue weighted by atomic mass is 79.9. The Morgan fingerprint density at radius 1 is 1.44 bits per heavy atom. The predicted octanol–water partition coefficient (Wildman–Crippen LogP) is 1.85. The van der Waals surface area contributed by atoms with Crippen LogP contribution in [0.5, 0.6) is 0 Å². The van der Waals surface area contributed by atoms with Crippen LogP contribution in [0, 0.1) is 0 Å². The molecule has 0 aliphatic carbocycles. The maximum absolute atomic E-state index is 12.1. The number of carbonyl (C=O) groups excluding carboxylic acids is 1. The number of hydrogen-bond donors (Lipinski definition) is 0. The van der Waals surface area contributed by atoms with Crippen molar-refractivity contribution >= 4 is 21.8 Å². The van der Waals surface area contributed by atoms with Gasteiger partial charge in [-0.05, 0) is 28.1 Å². The summed E-state index contributed by atoms with van der Waals surface area (Å²) in [7, 11) is 3.60. The molecule has 0 N–H and O–H groups in total. The highest BCUT2D eigenvalue weighted by Crippen LogP contribution is 2.10. The quantitative estimate of drug-likeness (QED) is 0.869. The SMILES string of the molecule is CN(Cc1cnn(C)c1)C(=O)c1ccc(Br)cn1. The minimum absolute atomic E-state index is 0.105. The molecule has 0 bridgehead atoms. The Hall–Kier alpha value is -1.69. The molecule has 0 unspecified atom stereocenters. The molecule has 0 atom stereocenters. The van der Waals surface area contributed by atoms with E-state index in [2.05, 4.69) is 26.0 Å². The molecule has 1 amide bonds. The number of halogens is 1. The third kappa shape index (κ3) is 2.95. The zero-order valence-corrected chi connectivity index (χ0v) is 11.8. The zero-order chi connectivity index (χ0) is 13.1. The monoisotopic (exact) mass is 308 g/mol. The van der Waals surface area contributed by atoms with Gasteiger partial charge in [0.05, 0.1) is 6.20 Å². The number of nitrogens with zero attached hydrogens (tertiary/aromatic N) is 4. The third-order valence-corrected chi connectivity index (χ3v) is 2.94. The van der Waals surface area contributed by atoms with Crippen molar-refractivity contribution in [2.24, 2.45) is 7.05 Å². The lowest BCUT2D eigenvalue weighted by atomic mass is 10.3. The van der Waals surface area contributed by atoms with Gasteiger partial charge in [0.25, 0.3) is 5.91 Å². The van der Waals surface area contributed by atoms with E-state index in [1.807, 2.05) is 13.2 Å². The summed E-state index contributed by atoms with van der Waals surface area (Å²) >= 11 is 3.29. The molecule has 0 aliphatic rings. The fourth-order valence-corrected chi connectivity index (χ4v) is 1.83. The van der Waals surface area contributed by atoms with Crippen molar-refractivity contribution in [1.82, 2.24) is 19.7 Å². The van der Waals surface area contributed by atoms with Crippen LogP contribution >= 0.6 is 15.9 Å². The van der Waals surface area contributed by atoms with E-state index in [0.29, 0.717) is 12.2 Å². The predicted molar refractivity (Wildman–Crippen MR) is 70.9 cm³/mol. The molecule has 0 fully saturated rings. The van der Waals surface area contributed by atoms with Crippen molar-refractivity contribution in [2.45, 2.75) is 6.54 Å². The van der Waals surface area contributed by atoms with Gasteiger partial charge in [-0.15, -0.1) is 0 Å². The van der Waals surface area contributed by atoms with Crippen LogP contribution in [0.25, 0.3) is 0 Å². The Morgan fingerprint density at radius 2 is 2.22 bits per heavy atom. The summed E-state index contributed by atoms with van der Waals surface area (Å²) in [5.74, 6) is -0.105. The van der Waals surface area contributed by atoms with Crippen molar-refractivity contribution < 1.29 is 4.79 Å². The molecule has 2 rings (SSSR count). The molecular formula is C12H13BrN4O. The highest BCUT2D eigenvalue weighted by molar-refractivity contribution is 9.10. The van der Waals surface area contributed by atoms with Crippen LogP contribution in [-0.2, 0) is 13.6 Å². The summed E-state index contributed by atoms with van der Waals surface area (Å²) in [6, 6.07) is 3.50. The molecule has 0 saturated carbocycles. The zero-order valence-electron chi connectivity index (χ0n) is 10.2. The van der Waals surface area contributed by atoms with E-state index in [0.717, 1.165) is 10.0 Å². The second kappa shape index (κ2) is 5.30. The Balaban J connectivity index is 2.07.